The zero-order chi connectivity index (χ0) is 20.7. The Bertz CT molecular complexity index is 698. The normalized spacial score (nSPS) is 24.0. The number of nitrogens with one attached hydrogen (secondary N) is 1. The van der Waals surface area contributed by atoms with Gasteiger partial charge in [0.1, 0.15) is 18.1 Å². The highest BCUT2D eigenvalue weighted by Gasteiger charge is 2.40. The van der Waals surface area contributed by atoms with Crippen molar-refractivity contribution in [3.63, 3.8) is 0 Å². The molecule has 28 heavy (non-hydrogen) atoms. The largest absolute Gasteiger partial charge is 0.449 e. The van der Waals surface area contributed by atoms with Crippen molar-refractivity contribution in [2.45, 2.75) is 70.7 Å². The fourth-order valence-electron chi connectivity index (χ4n) is 3.03. The van der Waals surface area contributed by atoms with E-state index >= 15 is 0 Å². The first-order valence-electron chi connectivity index (χ1n) is 9.54. The highest BCUT2D eigenvalue weighted by Crippen LogP contribution is 2.29. The molecule has 1 aromatic heterocycles. The molecule has 1 fully saturated rings. The topological polar surface area (TPSA) is 123 Å². The van der Waals surface area contributed by atoms with Crippen LogP contribution in [-0.4, -0.2) is 51.0 Å². The Morgan fingerprint density at radius 3 is 2.86 bits per heavy atom. The van der Waals surface area contributed by atoms with Gasteiger partial charge < -0.3 is 19.7 Å². The second kappa shape index (κ2) is 10.5. The van der Waals surface area contributed by atoms with Gasteiger partial charge in [-0.3, -0.25) is 9.88 Å². The molecule has 9 nitrogen and oxygen atoms in total. The van der Waals surface area contributed by atoms with Crippen molar-refractivity contribution in [1.29, 1.82) is 0 Å². The molecule has 1 saturated heterocycles. The van der Waals surface area contributed by atoms with Gasteiger partial charge in [-0.05, 0) is 18.4 Å². The minimum absolute atomic E-state index is 0.00785. The van der Waals surface area contributed by atoms with Gasteiger partial charge in [0.05, 0.1) is 12.7 Å². The second-order valence-electron chi connectivity index (χ2n) is 6.87. The standard InChI is InChI=1S/C18H28FN3O6/c1-3-5-6-11(4-2)10-27-18(26)21-13-7-8-22(17(25)20-13)14-9-12(23)15(28-14)16(19)24/h7-8,11-12,14-16,23-24H,3-6,9-10H2,1-2H3,(H,20,21,25,26)/t11?,12-,14+,15-,16?/m0/s1. The quantitative estimate of drug-likeness (QED) is 0.578. The van der Waals surface area contributed by atoms with Crippen LogP contribution in [0.3, 0.4) is 0 Å². The van der Waals surface area contributed by atoms with Gasteiger partial charge >= 0.3 is 11.8 Å². The number of unbranched alkanes of at least 4 members (excludes halogenated alkanes) is 1. The van der Waals surface area contributed by atoms with Crippen LogP contribution in [-0.2, 0) is 9.47 Å². The van der Waals surface area contributed by atoms with E-state index in [1.807, 2.05) is 6.92 Å². The number of rotatable bonds is 9. The number of anilines is 1. The average Bonchev–Trinajstić information content (AvgIpc) is 3.03. The number of halogens is 1. The van der Waals surface area contributed by atoms with E-state index in [0.29, 0.717) is 6.61 Å². The number of aromatic nitrogens is 2. The van der Waals surface area contributed by atoms with E-state index in [1.165, 1.54) is 12.3 Å². The molecule has 1 amide bonds. The molecule has 0 radical (unpaired) electrons. The van der Waals surface area contributed by atoms with E-state index < -0.39 is 36.6 Å². The average molecular weight is 401 g/mol. The Kier molecular flexibility index (Phi) is 8.34. The molecule has 158 valence electrons. The Labute approximate surface area is 162 Å². The number of ether oxygens (including phenoxy) is 2. The lowest BCUT2D eigenvalue weighted by Gasteiger charge is -2.16. The van der Waals surface area contributed by atoms with Crippen molar-refractivity contribution in [3.8, 4) is 0 Å². The van der Waals surface area contributed by atoms with Gasteiger partial charge in [0.15, 0.2) is 0 Å². The summed E-state index contributed by atoms with van der Waals surface area (Å²) in [5.41, 5.74) is -0.752. The van der Waals surface area contributed by atoms with Gasteiger partial charge in [-0.1, -0.05) is 33.1 Å². The molecule has 1 aromatic rings. The lowest BCUT2D eigenvalue weighted by atomic mass is 10.0. The molecule has 0 aliphatic carbocycles. The highest BCUT2D eigenvalue weighted by molar-refractivity contribution is 5.83. The van der Waals surface area contributed by atoms with E-state index in [9.17, 15) is 19.1 Å². The van der Waals surface area contributed by atoms with Gasteiger partial charge in [0, 0.05) is 12.6 Å². The van der Waals surface area contributed by atoms with Crippen LogP contribution in [0.15, 0.2) is 17.1 Å². The molecule has 0 saturated carbocycles. The lowest BCUT2D eigenvalue weighted by Crippen LogP contribution is -2.32. The Morgan fingerprint density at radius 1 is 1.54 bits per heavy atom. The molecular weight excluding hydrogens is 373 g/mol. The summed E-state index contributed by atoms with van der Waals surface area (Å²) >= 11 is 0. The molecule has 10 heteroatoms. The summed E-state index contributed by atoms with van der Waals surface area (Å²) in [5, 5.41) is 21.0. The van der Waals surface area contributed by atoms with Crippen molar-refractivity contribution in [2.75, 3.05) is 11.9 Å². The number of amides is 1. The van der Waals surface area contributed by atoms with Gasteiger partial charge in [0.25, 0.3) is 0 Å². The van der Waals surface area contributed by atoms with E-state index in [4.69, 9.17) is 14.6 Å². The summed E-state index contributed by atoms with van der Waals surface area (Å²) in [5.74, 6) is 0.296. The molecule has 2 heterocycles. The summed E-state index contributed by atoms with van der Waals surface area (Å²) in [6.07, 6.45) is -1.42. The number of aliphatic hydroxyl groups excluding tert-OH is 2. The van der Waals surface area contributed by atoms with Crippen LogP contribution < -0.4 is 11.0 Å². The number of alkyl halides is 1. The molecule has 0 spiro atoms. The van der Waals surface area contributed by atoms with Gasteiger partial charge in [0.2, 0.25) is 6.36 Å². The zero-order valence-corrected chi connectivity index (χ0v) is 16.1. The van der Waals surface area contributed by atoms with Crippen LogP contribution in [0.5, 0.6) is 0 Å². The van der Waals surface area contributed by atoms with Gasteiger partial charge in [-0.15, -0.1) is 0 Å². The van der Waals surface area contributed by atoms with Crippen molar-refractivity contribution in [3.05, 3.63) is 22.7 Å². The Hall–Kier alpha value is -2.04. The lowest BCUT2D eigenvalue weighted by molar-refractivity contribution is -0.130. The molecule has 3 N–H and O–H groups in total. The molecule has 1 aliphatic rings. The van der Waals surface area contributed by atoms with E-state index in [1.54, 1.807) is 0 Å². The Morgan fingerprint density at radius 2 is 2.29 bits per heavy atom. The minimum atomic E-state index is -2.36. The predicted octanol–water partition coefficient (Wildman–Crippen LogP) is 1.94. The molecule has 0 aromatic carbocycles. The van der Waals surface area contributed by atoms with Crippen LogP contribution in [0, 0.1) is 5.92 Å². The maximum atomic E-state index is 13.0. The number of hydrogen-bond acceptors (Lipinski definition) is 7. The van der Waals surface area contributed by atoms with E-state index in [2.05, 4.69) is 17.2 Å². The first kappa shape index (κ1) is 22.3. The fourth-order valence-corrected chi connectivity index (χ4v) is 3.03. The summed E-state index contributed by atoms with van der Waals surface area (Å²) < 4.78 is 24.4. The smallest absolute Gasteiger partial charge is 0.412 e. The molecule has 2 unspecified atom stereocenters. The number of aliphatic hydroxyl groups is 2. The summed E-state index contributed by atoms with van der Waals surface area (Å²) in [4.78, 5) is 27.8. The number of hydrogen-bond donors (Lipinski definition) is 3. The Balaban J connectivity index is 1.92. The van der Waals surface area contributed by atoms with E-state index in [-0.39, 0.29) is 18.2 Å². The van der Waals surface area contributed by atoms with Crippen molar-refractivity contribution >= 4 is 11.9 Å². The molecule has 5 atom stereocenters. The van der Waals surface area contributed by atoms with Crippen molar-refractivity contribution < 1.29 is 28.9 Å². The first-order valence-corrected chi connectivity index (χ1v) is 9.54. The molecule has 2 rings (SSSR count). The van der Waals surface area contributed by atoms with Crippen LogP contribution in [0.4, 0.5) is 15.0 Å². The number of carbonyl (C=O) groups excluding carboxylic acids is 1. The number of carbonyl (C=O) groups is 1. The van der Waals surface area contributed by atoms with Crippen LogP contribution in [0.25, 0.3) is 0 Å². The minimum Gasteiger partial charge on any atom is -0.449 e. The highest BCUT2D eigenvalue weighted by atomic mass is 19.1. The van der Waals surface area contributed by atoms with Crippen LogP contribution in [0.2, 0.25) is 0 Å². The van der Waals surface area contributed by atoms with E-state index in [0.717, 1.165) is 30.3 Å². The van der Waals surface area contributed by atoms with Crippen molar-refractivity contribution in [1.82, 2.24) is 9.55 Å². The number of nitrogens with zero attached hydrogens (tertiary/aromatic N) is 2. The van der Waals surface area contributed by atoms with Crippen molar-refractivity contribution in [2.24, 2.45) is 5.92 Å². The molecule has 1 aliphatic heterocycles. The summed E-state index contributed by atoms with van der Waals surface area (Å²) in [6.45, 7) is 4.43. The van der Waals surface area contributed by atoms with Gasteiger partial charge in [-0.25, -0.2) is 14.0 Å². The van der Waals surface area contributed by atoms with Gasteiger partial charge in [-0.2, -0.15) is 4.98 Å². The van der Waals surface area contributed by atoms with Crippen LogP contribution in [0.1, 0.15) is 52.2 Å². The first-order chi connectivity index (χ1) is 13.3. The third kappa shape index (κ3) is 5.98. The third-order valence-corrected chi connectivity index (χ3v) is 4.77. The molecule has 0 bridgehead atoms. The molecular formula is C18H28FN3O6. The maximum Gasteiger partial charge on any atom is 0.412 e. The third-order valence-electron chi connectivity index (χ3n) is 4.77. The summed E-state index contributed by atoms with van der Waals surface area (Å²) in [6, 6.07) is 1.37. The predicted molar refractivity (Wildman–Crippen MR) is 98.4 cm³/mol. The summed E-state index contributed by atoms with van der Waals surface area (Å²) in [7, 11) is 0. The SMILES string of the molecule is CCCCC(CC)COC(=O)Nc1ccn([C@H]2C[C@H](O)[C@@H](C(O)F)O2)c(=O)n1. The fraction of sp³-hybridized carbons (Fsp3) is 0.722. The monoisotopic (exact) mass is 401 g/mol. The zero-order valence-electron chi connectivity index (χ0n) is 16.1. The van der Waals surface area contributed by atoms with Crippen LogP contribution >= 0.6 is 0 Å². The second-order valence-corrected chi connectivity index (χ2v) is 6.87. The maximum absolute atomic E-state index is 13.0.